The Morgan fingerprint density at radius 2 is 2.06 bits per heavy atom. The van der Waals surface area contributed by atoms with E-state index in [-0.39, 0.29) is 5.41 Å². The van der Waals surface area contributed by atoms with Gasteiger partial charge in [0.2, 0.25) is 0 Å². The molecular weight excluding hydrogens is 300 g/mol. The largest absolute Gasteiger partial charge is 0.299 e. The highest BCUT2D eigenvalue weighted by molar-refractivity contribution is 9.10. The highest BCUT2D eigenvalue weighted by Crippen LogP contribution is 2.55. The predicted octanol–water partition coefficient (Wildman–Crippen LogP) is 4.97. The summed E-state index contributed by atoms with van der Waals surface area (Å²) in [6.07, 6.45) is 2.45. The van der Waals surface area contributed by atoms with Crippen molar-refractivity contribution < 1.29 is 4.79 Å². The zero-order chi connectivity index (χ0) is 12.6. The molecule has 0 bridgehead atoms. The van der Waals surface area contributed by atoms with Gasteiger partial charge in [-0.3, -0.25) is 4.79 Å². The predicted molar refractivity (Wildman–Crippen MR) is 74.5 cm³/mol. The van der Waals surface area contributed by atoms with Gasteiger partial charge >= 0.3 is 0 Å². The van der Waals surface area contributed by atoms with Crippen molar-refractivity contribution in [1.29, 1.82) is 0 Å². The molecule has 0 heterocycles. The zero-order valence-corrected chi connectivity index (χ0v) is 12.4. The standard InChI is InChI=1S/C14H16BrClO/c1-3-14(4-2)11(8-13(14)17)10-6-5-9(15)7-12(10)16/h5-7,11H,3-4,8H2,1-2H3. The number of hydrogen-bond donors (Lipinski definition) is 0. The topological polar surface area (TPSA) is 17.1 Å². The first-order valence-corrected chi connectivity index (χ1v) is 7.20. The first-order valence-electron chi connectivity index (χ1n) is 6.03. The summed E-state index contributed by atoms with van der Waals surface area (Å²) in [6.45, 7) is 4.20. The molecule has 0 aliphatic heterocycles. The van der Waals surface area contributed by atoms with Gasteiger partial charge in [-0.2, -0.15) is 0 Å². The van der Waals surface area contributed by atoms with E-state index in [0.29, 0.717) is 18.1 Å². The van der Waals surface area contributed by atoms with Crippen molar-refractivity contribution in [1.82, 2.24) is 0 Å². The van der Waals surface area contributed by atoms with Crippen molar-refractivity contribution in [2.75, 3.05) is 0 Å². The zero-order valence-electron chi connectivity index (χ0n) is 10.1. The summed E-state index contributed by atoms with van der Waals surface area (Å²) >= 11 is 9.69. The molecule has 1 saturated carbocycles. The van der Waals surface area contributed by atoms with Gasteiger partial charge in [0.25, 0.3) is 0 Å². The Morgan fingerprint density at radius 1 is 1.41 bits per heavy atom. The van der Waals surface area contributed by atoms with E-state index in [1.165, 1.54) is 0 Å². The van der Waals surface area contributed by atoms with Crippen molar-refractivity contribution in [3.8, 4) is 0 Å². The molecule has 2 rings (SSSR count). The van der Waals surface area contributed by atoms with Crippen LogP contribution < -0.4 is 0 Å². The van der Waals surface area contributed by atoms with E-state index < -0.39 is 0 Å². The van der Waals surface area contributed by atoms with Gasteiger partial charge < -0.3 is 0 Å². The van der Waals surface area contributed by atoms with Crippen LogP contribution in [0.25, 0.3) is 0 Å². The number of carbonyl (C=O) groups excluding carboxylic acids is 1. The Kier molecular flexibility index (Phi) is 3.65. The first kappa shape index (κ1) is 13.1. The number of benzene rings is 1. The fourth-order valence-corrected chi connectivity index (χ4v) is 3.78. The van der Waals surface area contributed by atoms with E-state index in [9.17, 15) is 4.79 Å². The Labute approximate surface area is 116 Å². The minimum atomic E-state index is -0.169. The molecule has 0 radical (unpaired) electrons. The molecule has 0 amide bonds. The Balaban J connectivity index is 2.38. The maximum atomic E-state index is 11.9. The maximum absolute atomic E-state index is 11.9. The fraction of sp³-hybridized carbons (Fsp3) is 0.500. The minimum Gasteiger partial charge on any atom is -0.299 e. The van der Waals surface area contributed by atoms with Crippen LogP contribution in [0.2, 0.25) is 5.02 Å². The summed E-state index contributed by atoms with van der Waals surface area (Å²) in [7, 11) is 0. The second-order valence-corrected chi connectivity index (χ2v) is 6.03. The number of Topliss-reactive ketones (excluding diaryl/α,β-unsaturated/α-hetero) is 1. The third-order valence-corrected chi connectivity index (χ3v) is 5.03. The lowest BCUT2D eigenvalue weighted by molar-refractivity contribution is -0.141. The van der Waals surface area contributed by atoms with Crippen molar-refractivity contribution in [2.24, 2.45) is 5.41 Å². The van der Waals surface area contributed by atoms with Crippen LogP contribution in [0.15, 0.2) is 22.7 Å². The Hall–Kier alpha value is -0.340. The molecule has 0 saturated heterocycles. The summed E-state index contributed by atoms with van der Waals surface area (Å²) in [5.74, 6) is 0.692. The fourth-order valence-electron chi connectivity index (χ4n) is 2.98. The normalized spacial score (nSPS) is 22.4. The Morgan fingerprint density at radius 3 is 2.53 bits per heavy atom. The van der Waals surface area contributed by atoms with E-state index in [0.717, 1.165) is 27.9 Å². The molecule has 0 N–H and O–H groups in total. The van der Waals surface area contributed by atoms with Gasteiger partial charge in [0, 0.05) is 27.2 Å². The van der Waals surface area contributed by atoms with Crippen LogP contribution in [0.4, 0.5) is 0 Å². The monoisotopic (exact) mass is 314 g/mol. The van der Waals surface area contributed by atoms with Crippen LogP contribution in [0.5, 0.6) is 0 Å². The van der Waals surface area contributed by atoms with E-state index in [4.69, 9.17) is 11.6 Å². The summed E-state index contributed by atoms with van der Waals surface area (Å²) < 4.78 is 0.982. The van der Waals surface area contributed by atoms with Gasteiger partial charge in [-0.1, -0.05) is 47.4 Å². The molecule has 0 aromatic heterocycles. The average molecular weight is 316 g/mol. The van der Waals surface area contributed by atoms with E-state index in [1.54, 1.807) is 0 Å². The number of carbonyl (C=O) groups is 1. The molecule has 3 heteroatoms. The summed E-state index contributed by atoms with van der Waals surface area (Å²) in [4.78, 5) is 11.9. The summed E-state index contributed by atoms with van der Waals surface area (Å²) in [6, 6.07) is 5.96. The lowest BCUT2D eigenvalue weighted by Crippen LogP contribution is -2.47. The lowest BCUT2D eigenvalue weighted by Gasteiger charge is -2.47. The molecule has 1 unspecified atom stereocenters. The summed E-state index contributed by atoms with van der Waals surface area (Å²) in [5, 5.41) is 0.767. The molecule has 0 spiro atoms. The van der Waals surface area contributed by atoms with Gasteiger partial charge in [0.05, 0.1) is 0 Å². The van der Waals surface area contributed by atoms with E-state index in [1.807, 2.05) is 18.2 Å². The Bertz CT molecular complexity index is 452. The van der Waals surface area contributed by atoms with Crippen LogP contribution in [-0.4, -0.2) is 5.78 Å². The van der Waals surface area contributed by atoms with Gasteiger partial charge in [-0.25, -0.2) is 0 Å². The van der Waals surface area contributed by atoms with Crippen molar-refractivity contribution in [3.05, 3.63) is 33.3 Å². The molecule has 1 atom stereocenters. The van der Waals surface area contributed by atoms with Crippen molar-refractivity contribution >= 4 is 33.3 Å². The van der Waals surface area contributed by atoms with Crippen LogP contribution in [0, 0.1) is 5.41 Å². The molecule has 1 fully saturated rings. The van der Waals surface area contributed by atoms with E-state index in [2.05, 4.69) is 29.8 Å². The van der Waals surface area contributed by atoms with Gasteiger partial charge in [0.15, 0.2) is 0 Å². The third-order valence-electron chi connectivity index (χ3n) is 4.21. The average Bonchev–Trinajstić information content (AvgIpc) is 2.29. The molecule has 1 nitrogen and oxygen atoms in total. The maximum Gasteiger partial charge on any atom is 0.140 e. The van der Waals surface area contributed by atoms with Crippen LogP contribution >= 0.6 is 27.5 Å². The SMILES string of the molecule is CCC1(CC)C(=O)CC1c1ccc(Br)cc1Cl. The van der Waals surface area contributed by atoms with Gasteiger partial charge in [-0.15, -0.1) is 0 Å². The van der Waals surface area contributed by atoms with E-state index >= 15 is 0 Å². The smallest absolute Gasteiger partial charge is 0.140 e. The number of halogens is 2. The third kappa shape index (κ3) is 1.96. The van der Waals surface area contributed by atoms with Gasteiger partial charge in [0.1, 0.15) is 5.78 Å². The molecule has 1 aliphatic carbocycles. The second-order valence-electron chi connectivity index (χ2n) is 4.71. The minimum absolute atomic E-state index is 0.169. The first-order chi connectivity index (χ1) is 8.05. The van der Waals surface area contributed by atoms with Crippen LogP contribution in [0.3, 0.4) is 0 Å². The molecule has 1 aliphatic rings. The molecule has 92 valence electrons. The van der Waals surface area contributed by atoms with Gasteiger partial charge in [-0.05, 0) is 30.5 Å². The highest BCUT2D eigenvalue weighted by Gasteiger charge is 2.52. The second kappa shape index (κ2) is 4.74. The molecular formula is C14H16BrClO. The molecule has 1 aromatic rings. The molecule has 1 aromatic carbocycles. The quantitative estimate of drug-likeness (QED) is 0.770. The molecule has 17 heavy (non-hydrogen) atoms. The lowest BCUT2D eigenvalue weighted by atomic mass is 9.54. The number of hydrogen-bond acceptors (Lipinski definition) is 1. The van der Waals surface area contributed by atoms with Crippen LogP contribution in [-0.2, 0) is 4.79 Å². The van der Waals surface area contributed by atoms with Crippen LogP contribution in [0.1, 0.15) is 44.6 Å². The van der Waals surface area contributed by atoms with Crippen molar-refractivity contribution in [2.45, 2.75) is 39.0 Å². The highest BCUT2D eigenvalue weighted by atomic mass is 79.9. The number of ketones is 1. The summed E-state index contributed by atoms with van der Waals surface area (Å²) in [5.41, 5.74) is 0.954. The van der Waals surface area contributed by atoms with Crippen molar-refractivity contribution in [3.63, 3.8) is 0 Å². The number of rotatable bonds is 3.